The van der Waals surface area contributed by atoms with E-state index in [9.17, 15) is 14.3 Å². The number of allylic oxidation sites excluding steroid dienone is 12. The molecule has 0 aromatic carbocycles. The van der Waals surface area contributed by atoms with Gasteiger partial charge in [-0.05, 0) is 64.2 Å². The molecule has 0 N–H and O–H groups in total. The minimum absolute atomic E-state index is 0.0147. The molecule has 9 heteroatoms. The van der Waals surface area contributed by atoms with Crippen LogP contribution in [0.25, 0.3) is 0 Å². The molecule has 0 radical (unpaired) electrons. The zero-order valence-electron chi connectivity index (χ0n) is 35.1. The first-order valence-corrected chi connectivity index (χ1v) is 22.6. The van der Waals surface area contributed by atoms with Crippen molar-refractivity contribution in [2.24, 2.45) is 0 Å². The van der Waals surface area contributed by atoms with Gasteiger partial charge < -0.3 is 27.9 Å². The fourth-order valence-corrected chi connectivity index (χ4v) is 5.98. The smallest absolute Gasteiger partial charge is 0.306 e. The Hall–Kier alpha value is -2.06. The summed E-state index contributed by atoms with van der Waals surface area (Å²) in [6.07, 6.45) is 47.7. The van der Waals surface area contributed by atoms with Gasteiger partial charge in [-0.25, -0.2) is 0 Å². The van der Waals surface area contributed by atoms with Crippen molar-refractivity contribution in [1.29, 1.82) is 0 Å². The van der Waals surface area contributed by atoms with Crippen LogP contribution in [0.5, 0.6) is 0 Å². The molecule has 0 amide bonds. The molecule has 0 aliphatic rings. The lowest BCUT2D eigenvalue weighted by molar-refractivity contribution is -0.870. The van der Waals surface area contributed by atoms with Crippen molar-refractivity contribution in [1.82, 2.24) is 0 Å². The first kappa shape index (κ1) is 51.9. The molecule has 0 rings (SSSR count). The third-order valence-corrected chi connectivity index (χ3v) is 9.49. The fraction of sp³-hybridized carbons (Fsp3) is 0.711. The van der Waals surface area contributed by atoms with Crippen molar-refractivity contribution in [3.05, 3.63) is 72.9 Å². The molecule has 54 heavy (non-hydrogen) atoms. The minimum atomic E-state index is -4.54. The number of hydrogen-bond acceptors (Lipinski definition) is 7. The van der Waals surface area contributed by atoms with Gasteiger partial charge >= 0.3 is 5.97 Å². The van der Waals surface area contributed by atoms with Crippen LogP contribution in [0, 0.1) is 0 Å². The van der Waals surface area contributed by atoms with Gasteiger partial charge in [0.2, 0.25) is 0 Å². The highest BCUT2D eigenvalue weighted by molar-refractivity contribution is 7.45. The van der Waals surface area contributed by atoms with E-state index in [2.05, 4.69) is 86.8 Å². The van der Waals surface area contributed by atoms with Crippen LogP contribution in [0.2, 0.25) is 0 Å². The van der Waals surface area contributed by atoms with Crippen molar-refractivity contribution < 1.29 is 37.3 Å². The quantitative estimate of drug-likeness (QED) is 0.0202. The summed E-state index contributed by atoms with van der Waals surface area (Å²) in [7, 11) is 1.32. The summed E-state index contributed by atoms with van der Waals surface area (Å²) in [5, 5.41) is 0. The lowest BCUT2D eigenvalue weighted by Gasteiger charge is -2.28. The summed E-state index contributed by atoms with van der Waals surface area (Å²) in [6.45, 7) is 5.21. The Kier molecular flexibility index (Phi) is 36.4. The maximum Gasteiger partial charge on any atom is 0.306 e. The lowest BCUT2D eigenvalue weighted by atomic mass is 10.1. The molecule has 0 heterocycles. The molecule has 0 aliphatic heterocycles. The number of nitrogens with zero attached hydrogens (tertiary/aromatic N) is 1. The van der Waals surface area contributed by atoms with Gasteiger partial charge in [0.25, 0.3) is 7.82 Å². The SMILES string of the molecule is CC/C=C\C/C=C\C/C=C\C/C=C\C/C=C\C/C=C\CCCCC(=O)OC(COCCCCCCCCCCCCC)COP(=O)([O-])OCC[N+](C)(C)C. The molecule has 0 spiro atoms. The van der Waals surface area contributed by atoms with Crippen molar-refractivity contribution in [3.63, 3.8) is 0 Å². The first-order chi connectivity index (χ1) is 26.1. The van der Waals surface area contributed by atoms with Crippen LogP contribution in [-0.4, -0.2) is 70.7 Å². The van der Waals surface area contributed by atoms with Crippen molar-refractivity contribution in [2.45, 2.75) is 155 Å². The molecule has 0 aliphatic carbocycles. The molecule has 0 bridgehead atoms. The van der Waals surface area contributed by atoms with Crippen LogP contribution in [0.15, 0.2) is 72.9 Å². The highest BCUT2D eigenvalue weighted by Gasteiger charge is 2.20. The summed E-state index contributed by atoms with van der Waals surface area (Å²) in [4.78, 5) is 25.0. The normalized spacial score (nSPS) is 14.6. The van der Waals surface area contributed by atoms with Crippen molar-refractivity contribution >= 4 is 13.8 Å². The molecule has 0 saturated heterocycles. The highest BCUT2D eigenvalue weighted by atomic mass is 31.2. The second kappa shape index (κ2) is 37.8. The first-order valence-electron chi connectivity index (χ1n) is 21.2. The van der Waals surface area contributed by atoms with Crippen molar-refractivity contribution in [3.8, 4) is 0 Å². The number of hydrogen-bond donors (Lipinski definition) is 0. The Morgan fingerprint density at radius 1 is 0.593 bits per heavy atom. The summed E-state index contributed by atoms with van der Waals surface area (Å²) in [5.41, 5.74) is 0. The van der Waals surface area contributed by atoms with E-state index in [4.69, 9.17) is 18.5 Å². The van der Waals surface area contributed by atoms with Gasteiger partial charge in [0.1, 0.15) is 19.3 Å². The number of phosphoric acid groups is 1. The van der Waals surface area contributed by atoms with Gasteiger partial charge in [0.15, 0.2) is 0 Å². The Labute approximate surface area is 332 Å². The average molecular weight is 778 g/mol. The van der Waals surface area contributed by atoms with Crippen LogP contribution in [0.1, 0.15) is 149 Å². The number of rotatable bonds is 38. The fourth-order valence-electron chi connectivity index (χ4n) is 5.25. The van der Waals surface area contributed by atoms with E-state index >= 15 is 0 Å². The summed E-state index contributed by atoms with van der Waals surface area (Å²) in [6, 6.07) is 0. The van der Waals surface area contributed by atoms with E-state index in [0.717, 1.165) is 64.2 Å². The van der Waals surface area contributed by atoms with E-state index in [1.165, 1.54) is 57.8 Å². The minimum Gasteiger partial charge on any atom is -0.756 e. The molecular weight excluding hydrogens is 697 g/mol. The summed E-state index contributed by atoms with van der Waals surface area (Å²) < 4.78 is 34.5. The zero-order chi connectivity index (χ0) is 39.9. The van der Waals surface area contributed by atoms with Gasteiger partial charge in [-0.1, -0.05) is 151 Å². The molecule has 0 aromatic rings. The summed E-state index contributed by atoms with van der Waals surface area (Å²) in [5.74, 6) is -0.378. The van der Waals surface area contributed by atoms with Gasteiger partial charge in [0.05, 0.1) is 34.4 Å². The number of phosphoric ester groups is 1. The lowest BCUT2D eigenvalue weighted by Crippen LogP contribution is -2.37. The second-order valence-electron chi connectivity index (χ2n) is 15.0. The Morgan fingerprint density at radius 2 is 1.07 bits per heavy atom. The van der Waals surface area contributed by atoms with Crippen LogP contribution < -0.4 is 4.89 Å². The third kappa shape index (κ3) is 41.1. The van der Waals surface area contributed by atoms with Crippen molar-refractivity contribution in [2.75, 3.05) is 54.1 Å². The highest BCUT2D eigenvalue weighted by Crippen LogP contribution is 2.38. The van der Waals surface area contributed by atoms with Gasteiger partial charge in [0, 0.05) is 13.0 Å². The second-order valence-corrected chi connectivity index (χ2v) is 16.4. The zero-order valence-corrected chi connectivity index (χ0v) is 36.0. The average Bonchev–Trinajstić information content (AvgIpc) is 3.12. The third-order valence-electron chi connectivity index (χ3n) is 8.52. The molecule has 2 unspecified atom stereocenters. The Bertz CT molecular complexity index is 1090. The number of carbonyl (C=O) groups excluding carboxylic acids is 1. The van der Waals surface area contributed by atoms with E-state index in [0.29, 0.717) is 24.1 Å². The molecule has 312 valence electrons. The maximum absolute atomic E-state index is 12.6. The number of unbranched alkanes of at least 4 members (excludes halogenated alkanes) is 12. The number of quaternary nitrogens is 1. The monoisotopic (exact) mass is 778 g/mol. The van der Waals surface area contributed by atoms with Crippen LogP contribution in [0.3, 0.4) is 0 Å². The standard InChI is InChI=1S/C45H80NO7P/c1-6-8-10-12-14-16-18-19-20-21-22-23-24-25-26-27-28-30-32-34-36-38-45(47)53-44(43-52-54(48,49)51-41-39-46(3,4)5)42-50-40-37-35-33-31-29-17-15-13-11-9-7-2/h8,10,14,16,19-20,22-23,25-26,28,30,44H,6-7,9,11-13,15,17-18,21,24,27,29,31-43H2,1-5H3/b10-8-,16-14-,20-19-,23-22-,26-25-,30-28-. The van der Waals surface area contributed by atoms with E-state index < -0.39 is 13.9 Å². The number of carbonyl (C=O) groups is 1. The largest absolute Gasteiger partial charge is 0.756 e. The summed E-state index contributed by atoms with van der Waals surface area (Å²) >= 11 is 0. The number of ether oxygens (including phenoxy) is 2. The number of esters is 1. The molecule has 0 fully saturated rings. The van der Waals surface area contributed by atoms with Crippen LogP contribution in [-0.2, 0) is 27.9 Å². The topological polar surface area (TPSA) is 94.1 Å². The predicted octanol–water partition coefficient (Wildman–Crippen LogP) is 11.7. The van der Waals surface area contributed by atoms with Gasteiger partial charge in [-0.15, -0.1) is 0 Å². The van der Waals surface area contributed by atoms with E-state index in [1.807, 2.05) is 21.1 Å². The van der Waals surface area contributed by atoms with Crippen LogP contribution >= 0.6 is 7.82 Å². The molecule has 8 nitrogen and oxygen atoms in total. The molecule has 2 atom stereocenters. The predicted molar refractivity (Wildman–Crippen MR) is 226 cm³/mol. The van der Waals surface area contributed by atoms with Crippen LogP contribution in [0.4, 0.5) is 0 Å². The molecular formula is C45H80NO7P. The molecule has 0 saturated carbocycles. The van der Waals surface area contributed by atoms with E-state index in [-0.39, 0.29) is 32.2 Å². The Balaban J connectivity index is 4.34. The van der Waals surface area contributed by atoms with Gasteiger partial charge in [-0.3, -0.25) is 9.36 Å². The Morgan fingerprint density at radius 3 is 1.57 bits per heavy atom. The maximum atomic E-state index is 12.6. The molecule has 0 aromatic heterocycles. The van der Waals surface area contributed by atoms with E-state index in [1.54, 1.807) is 0 Å². The number of likely N-dealkylation sites (N-methyl/N-ethyl adjacent to an activating group) is 1. The van der Waals surface area contributed by atoms with Gasteiger partial charge in [-0.2, -0.15) is 0 Å².